The minimum atomic E-state index is -0.470. The number of hydrogen-bond donors (Lipinski definition) is 0. The van der Waals surface area contributed by atoms with Crippen molar-refractivity contribution in [1.82, 2.24) is 4.90 Å². The lowest BCUT2D eigenvalue weighted by molar-refractivity contribution is -0.123. The highest BCUT2D eigenvalue weighted by molar-refractivity contribution is 5.39. The summed E-state index contributed by atoms with van der Waals surface area (Å²) in [7, 11) is 0. The van der Waals surface area contributed by atoms with Crippen LogP contribution in [0.5, 0.6) is 0 Å². The summed E-state index contributed by atoms with van der Waals surface area (Å²) in [4.78, 5) is 2.32. The highest BCUT2D eigenvalue weighted by atomic mass is 16.6. The van der Waals surface area contributed by atoms with Crippen molar-refractivity contribution < 1.29 is 4.74 Å². The number of ether oxygens (including phenoxy) is 1. The largest absolute Gasteiger partial charge is 0.344 e. The average molecular weight is 296 g/mol. The van der Waals surface area contributed by atoms with E-state index >= 15 is 0 Å². The predicted octanol–water partition coefficient (Wildman–Crippen LogP) is 4.32. The Morgan fingerprint density at radius 2 is 2.14 bits per heavy atom. The van der Waals surface area contributed by atoms with Crippen molar-refractivity contribution in [2.75, 3.05) is 6.54 Å². The summed E-state index contributed by atoms with van der Waals surface area (Å²) in [5.74, 6) is 0. The number of unbranched alkanes of at least 4 members (excludes halogenated alkanes) is 1. The predicted molar refractivity (Wildman–Crippen MR) is 86.8 cm³/mol. The van der Waals surface area contributed by atoms with Gasteiger partial charge in [0.1, 0.15) is 11.3 Å². The average Bonchev–Trinajstić information content (AvgIpc) is 3.01. The maximum Gasteiger partial charge on any atom is 0.139 e. The molecule has 3 heteroatoms. The first kappa shape index (κ1) is 15.1. The Morgan fingerprint density at radius 3 is 2.82 bits per heavy atom. The van der Waals surface area contributed by atoms with E-state index in [1.165, 1.54) is 5.56 Å². The van der Waals surface area contributed by atoms with E-state index in [0.29, 0.717) is 0 Å². The van der Waals surface area contributed by atoms with Crippen molar-refractivity contribution >= 4 is 0 Å². The Kier molecular flexibility index (Phi) is 3.97. The van der Waals surface area contributed by atoms with Gasteiger partial charge in [-0.25, -0.2) is 0 Å². The summed E-state index contributed by atoms with van der Waals surface area (Å²) in [6.45, 7) is 5.34. The summed E-state index contributed by atoms with van der Waals surface area (Å²) in [5, 5.41) is 9.33. The van der Waals surface area contributed by atoms with Gasteiger partial charge in [-0.1, -0.05) is 50.1 Å². The molecule has 0 spiro atoms. The molecule has 0 amide bonds. The van der Waals surface area contributed by atoms with Crippen LogP contribution < -0.4 is 0 Å². The number of benzene rings is 1. The second kappa shape index (κ2) is 5.78. The van der Waals surface area contributed by atoms with E-state index in [1.54, 1.807) is 6.08 Å². The molecule has 3 nitrogen and oxygen atoms in total. The number of rotatable bonds is 4. The molecule has 116 valence electrons. The molecule has 0 radical (unpaired) electrons. The number of nitriles is 1. The quantitative estimate of drug-likeness (QED) is 0.776. The Bertz CT molecular complexity index is 604. The van der Waals surface area contributed by atoms with Crippen LogP contribution in [0.3, 0.4) is 0 Å². The van der Waals surface area contributed by atoms with E-state index in [1.807, 2.05) is 6.07 Å². The monoisotopic (exact) mass is 296 g/mol. The fraction of sp³-hybridized carbons (Fsp3) is 0.526. The molecule has 2 aliphatic heterocycles. The van der Waals surface area contributed by atoms with Gasteiger partial charge in [-0.15, -0.1) is 0 Å². The molecule has 0 saturated carbocycles. The van der Waals surface area contributed by atoms with Crippen LogP contribution in [-0.4, -0.2) is 17.2 Å². The maximum atomic E-state index is 9.33. The van der Waals surface area contributed by atoms with Gasteiger partial charge in [0.25, 0.3) is 0 Å². The molecule has 2 fully saturated rings. The van der Waals surface area contributed by atoms with Gasteiger partial charge in [0, 0.05) is 12.6 Å². The van der Waals surface area contributed by atoms with Crippen LogP contribution in [0.2, 0.25) is 0 Å². The zero-order chi connectivity index (χ0) is 15.6. The van der Waals surface area contributed by atoms with Crippen molar-refractivity contribution in [3.8, 4) is 6.07 Å². The van der Waals surface area contributed by atoms with Crippen LogP contribution in [0.15, 0.2) is 42.1 Å². The highest BCUT2D eigenvalue weighted by Gasteiger charge is 2.57. The van der Waals surface area contributed by atoms with Crippen molar-refractivity contribution in [2.24, 2.45) is 0 Å². The number of hydrogen-bond acceptors (Lipinski definition) is 3. The van der Waals surface area contributed by atoms with Crippen LogP contribution in [-0.2, 0) is 10.3 Å². The van der Waals surface area contributed by atoms with E-state index in [9.17, 15) is 5.26 Å². The molecule has 2 saturated heterocycles. The van der Waals surface area contributed by atoms with Crippen molar-refractivity contribution in [2.45, 2.75) is 57.3 Å². The van der Waals surface area contributed by atoms with Crippen molar-refractivity contribution in [1.29, 1.82) is 5.26 Å². The molecule has 2 unspecified atom stereocenters. The minimum Gasteiger partial charge on any atom is -0.344 e. The Labute approximate surface area is 133 Å². The minimum absolute atomic E-state index is 0.272. The van der Waals surface area contributed by atoms with Crippen molar-refractivity contribution in [3.63, 3.8) is 0 Å². The fourth-order valence-electron chi connectivity index (χ4n) is 3.98. The van der Waals surface area contributed by atoms with Gasteiger partial charge in [-0.2, -0.15) is 5.26 Å². The third-order valence-electron chi connectivity index (χ3n) is 5.02. The van der Waals surface area contributed by atoms with Crippen molar-refractivity contribution in [3.05, 3.63) is 47.7 Å². The Morgan fingerprint density at radius 1 is 1.36 bits per heavy atom. The van der Waals surface area contributed by atoms with Gasteiger partial charge in [-0.3, -0.25) is 0 Å². The SMILES string of the molecule is CCCCC1(c2ccccc2)OC2(C)CCCN2/C1=C\C#N. The second-order valence-corrected chi connectivity index (χ2v) is 6.49. The molecule has 0 N–H and O–H groups in total. The van der Waals surface area contributed by atoms with Gasteiger partial charge in [-0.05, 0) is 31.7 Å². The molecule has 2 atom stereocenters. The van der Waals surface area contributed by atoms with Gasteiger partial charge in [0.05, 0.1) is 11.8 Å². The summed E-state index contributed by atoms with van der Waals surface area (Å²) in [6, 6.07) is 12.7. The number of nitrogens with zero attached hydrogens (tertiary/aromatic N) is 2. The molecule has 0 aromatic heterocycles. The summed E-state index contributed by atoms with van der Waals surface area (Å²) >= 11 is 0. The van der Waals surface area contributed by atoms with Gasteiger partial charge >= 0.3 is 0 Å². The lowest BCUT2D eigenvalue weighted by Gasteiger charge is -2.32. The molecule has 0 aliphatic carbocycles. The summed E-state index contributed by atoms with van der Waals surface area (Å²) < 4.78 is 6.72. The Hall–Kier alpha value is -1.79. The summed E-state index contributed by atoms with van der Waals surface area (Å²) in [5.41, 5.74) is 1.48. The van der Waals surface area contributed by atoms with Crippen LogP contribution in [0, 0.1) is 11.3 Å². The topological polar surface area (TPSA) is 36.3 Å². The van der Waals surface area contributed by atoms with E-state index in [-0.39, 0.29) is 5.72 Å². The highest BCUT2D eigenvalue weighted by Crippen LogP contribution is 2.54. The molecule has 22 heavy (non-hydrogen) atoms. The number of fused-ring (bicyclic) bond motifs is 1. The third-order valence-corrected chi connectivity index (χ3v) is 5.02. The summed E-state index contributed by atoms with van der Waals surface area (Å²) in [6.07, 6.45) is 6.98. The normalized spacial score (nSPS) is 32.2. The Balaban J connectivity index is 2.12. The first-order valence-electron chi connectivity index (χ1n) is 8.30. The third kappa shape index (κ3) is 2.23. The van der Waals surface area contributed by atoms with E-state index in [0.717, 1.165) is 44.3 Å². The fourth-order valence-corrected chi connectivity index (χ4v) is 3.98. The first-order chi connectivity index (χ1) is 10.7. The maximum absolute atomic E-state index is 9.33. The molecule has 2 heterocycles. The zero-order valence-corrected chi connectivity index (χ0v) is 13.5. The van der Waals surface area contributed by atoms with Crippen LogP contribution in [0.4, 0.5) is 0 Å². The van der Waals surface area contributed by atoms with E-state index < -0.39 is 5.60 Å². The van der Waals surface area contributed by atoms with Crippen LogP contribution in [0.25, 0.3) is 0 Å². The second-order valence-electron chi connectivity index (χ2n) is 6.49. The standard InChI is InChI=1S/C19H24N2O/c1-3-4-13-19(16-9-6-5-7-10-16)17(11-14-20)21-15-8-12-18(21,2)22-19/h5-7,9-11H,3-4,8,12-13,15H2,1-2H3/b17-11-. The molecule has 1 aromatic rings. The zero-order valence-electron chi connectivity index (χ0n) is 13.5. The molecule has 3 rings (SSSR count). The van der Waals surface area contributed by atoms with E-state index in [2.05, 4.69) is 49.1 Å². The lowest BCUT2D eigenvalue weighted by Crippen LogP contribution is -2.35. The first-order valence-corrected chi connectivity index (χ1v) is 8.30. The van der Waals surface area contributed by atoms with Crippen LogP contribution >= 0.6 is 0 Å². The molecule has 1 aromatic carbocycles. The lowest BCUT2D eigenvalue weighted by atomic mass is 9.85. The van der Waals surface area contributed by atoms with Gasteiger partial charge < -0.3 is 9.64 Å². The smallest absolute Gasteiger partial charge is 0.139 e. The van der Waals surface area contributed by atoms with Gasteiger partial charge in [0.2, 0.25) is 0 Å². The van der Waals surface area contributed by atoms with Gasteiger partial charge in [0.15, 0.2) is 0 Å². The molecule has 0 bridgehead atoms. The molecular weight excluding hydrogens is 272 g/mol. The number of allylic oxidation sites excluding steroid dienone is 1. The van der Waals surface area contributed by atoms with Crippen LogP contribution in [0.1, 0.15) is 51.5 Å². The molecule has 2 aliphatic rings. The van der Waals surface area contributed by atoms with E-state index in [4.69, 9.17) is 4.74 Å². The molecular formula is C19H24N2O.